The molecule has 1 aliphatic rings. The Balaban J connectivity index is 2.10. The summed E-state index contributed by atoms with van der Waals surface area (Å²) in [7, 11) is 1.62. The maximum Gasteiger partial charge on any atom is 0.169 e. The molecule has 1 aliphatic heterocycles. The van der Waals surface area contributed by atoms with Gasteiger partial charge in [0.05, 0.1) is 0 Å². The Bertz CT molecular complexity index is 420. The highest BCUT2D eigenvalue weighted by Gasteiger charge is 2.39. The molecule has 98 valence electrons. The summed E-state index contributed by atoms with van der Waals surface area (Å²) in [6, 6.07) is 8.07. The molecule has 3 nitrogen and oxygen atoms in total. The van der Waals surface area contributed by atoms with Crippen LogP contribution in [-0.4, -0.2) is 31.7 Å². The summed E-state index contributed by atoms with van der Waals surface area (Å²) in [4.78, 5) is 12.5. The fourth-order valence-electron chi connectivity index (χ4n) is 2.47. The van der Waals surface area contributed by atoms with E-state index in [0.29, 0.717) is 32.5 Å². The lowest BCUT2D eigenvalue weighted by Gasteiger charge is -2.34. The van der Waals surface area contributed by atoms with Gasteiger partial charge in [0.15, 0.2) is 5.78 Å². The molecule has 0 spiro atoms. The summed E-state index contributed by atoms with van der Waals surface area (Å²) >= 11 is 0. The molecule has 3 heteroatoms. The number of benzene rings is 1. The number of ether oxygens (including phenoxy) is 2. The first kappa shape index (κ1) is 13.2. The molecule has 0 atom stereocenters. The number of ketones is 1. The summed E-state index contributed by atoms with van der Waals surface area (Å²) < 4.78 is 10.8. The van der Waals surface area contributed by atoms with Crippen LogP contribution in [0, 0.1) is 6.92 Å². The Kier molecular flexibility index (Phi) is 4.15. The van der Waals surface area contributed by atoms with Crippen molar-refractivity contribution in [3.63, 3.8) is 0 Å². The summed E-state index contributed by atoms with van der Waals surface area (Å²) in [5, 5.41) is 0. The van der Waals surface area contributed by atoms with Gasteiger partial charge < -0.3 is 9.47 Å². The lowest BCUT2D eigenvalue weighted by molar-refractivity contribution is -0.151. The molecule has 1 aromatic rings. The summed E-state index contributed by atoms with van der Waals surface area (Å²) in [5.41, 5.74) is 1.60. The van der Waals surface area contributed by atoms with Crippen molar-refractivity contribution in [2.24, 2.45) is 0 Å². The van der Waals surface area contributed by atoms with Gasteiger partial charge >= 0.3 is 0 Å². The highest BCUT2D eigenvalue weighted by Crippen LogP contribution is 2.27. The van der Waals surface area contributed by atoms with Crippen molar-refractivity contribution < 1.29 is 14.3 Å². The average molecular weight is 248 g/mol. The van der Waals surface area contributed by atoms with Gasteiger partial charge in [0, 0.05) is 39.6 Å². The van der Waals surface area contributed by atoms with Gasteiger partial charge in [0.1, 0.15) is 5.60 Å². The molecule has 1 aromatic carbocycles. The lowest BCUT2D eigenvalue weighted by atomic mass is 9.86. The minimum Gasteiger partial charge on any atom is -0.381 e. The molecule has 0 radical (unpaired) electrons. The number of hydrogen-bond donors (Lipinski definition) is 0. The lowest BCUT2D eigenvalue weighted by Crippen LogP contribution is -2.46. The topological polar surface area (TPSA) is 35.5 Å². The third-order valence-electron chi connectivity index (χ3n) is 3.65. The Morgan fingerprint density at radius 1 is 1.39 bits per heavy atom. The van der Waals surface area contributed by atoms with E-state index in [4.69, 9.17) is 9.47 Å². The fraction of sp³-hybridized carbons (Fsp3) is 0.533. The highest BCUT2D eigenvalue weighted by molar-refractivity contribution is 5.89. The van der Waals surface area contributed by atoms with Crippen LogP contribution < -0.4 is 0 Å². The Morgan fingerprint density at radius 2 is 2.11 bits per heavy atom. The Morgan fingerprint density at radius 3 is 2.72 bits per heavy atom. The van der Waals surface area contributed by atoms with Gasteiger partial charge in [0.2, 0.25) is 0 Å². The van der Waals surface area contributed by atoms with Gasteiger partial charge in [-0.05, 0) is 12.5 Å². The van der Waals surface area contributed by atoms with Gasteiger partial charge in [-0.3, -0.25) is 4.79 Å². The highest BCUT2D eigenvalue weighted by atomic mass is 16.5. The van der Waals surface area contributed by atoms with Crippen LogP contribution in [0.2, 0.25) is 0 Å². The van der Waals surface area contributed by atoms with Crippen molar-refractivity contribution in [1.82, 2.24) is 0 Å². The first-order valence-electron chi connectivity index (χ1n) is 6.38. The van der Waals surface area contributed by atoms with E-state index < -0.39 is 5.60 Å². The van der Waals surface area contributed by atoms with Crippen molar-refractivity contribution in [2.75, 3.05) is 20.3 Å². The molecular formula is C15H20O3. The van der Waals surface area contributed by atoms with E-state index in [0.717, 1.165) is 5.56 Å². The minimum atomic E-state index is -0.637. The molecule has 2 rings (SSSR count). The SMILES string of the molecule is COC1(C(=O)Cc2cccc(C)c2)CCOCC1. The van der Waals surface area contributed by atoms with Crippen molar-refractivity contribution >= 4 is 5.78 Å². The number of hydrogen-bond acceptors (Lipinski definition) is 3. The van der Waals surface area contributed by atoms with Gasteiger partial charge in [-0.25, -0.2) is 0 Å². The second kappa shape index (κ2) is 5.63. The molecule has 1 fully saturated rings. The van der Waals surface area contributed by atoms with Crippen molar-refractivity contribution in [2.45, 2.75) is 31.8 Å². The molecule has 0 aromatic heterocycles. The molecule has 0 unspecified atom stereocenters. The van der Waals surface area contributed by atoms with E-state index in [1.54, 1.807) is 7.11 Å². The predicted molar refractivity (Wildman–Crippen MR) is 69.7 cm³/mol. The van der Waals surface area contributed by atoms with Gasteiger partial charge in [-0.1, -0.05) is 29.8 Å². The zero-order chi connectivity index (χ0) is 13.0. The van der Waals surface area contributed by atoms with Gasteiger partial charge in [-0.2, -0.15) is 0 Å². The van der Waals surface area contributed by atoms with Crippen molar-refractivity contribution in [3.05, 3.63) is 35.4 Å². The third kappa shape index (κ3) is 2.79. The smallest absolute Gasteiger partial charge is 0.169 e. The van der Waals surface area contributed by atoms with Crippen LogP contribution in [0.15, 0.2) is 24.3 Å². The summed E-state index contributed by atoms with van der Waals surface area (Å²) in [5.74, 6) is 0.166. The quantitative estimate of drug-likeness (QED) is 0.820. The molecule has 0 bridgehead atoms. The van der Waals surface area contributed by atoms with E-state index in [1.807, 2.05) is 25.1 Å². The second-order valence-electron chi connectivity index (χ2n) is 4.90. The van der Waals surface area contributed by atoms with E-state index >= 15 is 0 Å². The molecule has 0 N–H and O–H groups in total. The zero-order valence-electron chi connectivity index (χ0n) is 11.1. The largest absolute Gasteiger partial charge is 0.381 e. The van der Waals surface area contributed by atoms with Crippen LogP contribution in [0.4, 0.5) is 0 Å². The fourth-order valence-corrected chi connectivity index (χ4v) is 2.47. The monoisotopic (exact) mass is 248 g/mol. The second-order valence-corrected chi connectivity index (χ2v) is 4.90. The zero-order valence-corrected chi connectivity index (χ0v) is 11.1. The van der Waals surface area contributed by atoms with E-state index in [-0.39, 0.29) is 5.78 Å². The van der Waals surface area contributed by atoms with Crippen LogP contribution >= 0.6 is 0 Å². The molecule has 0 aliphatic carbocycles. The number of methoxy groups -OCH3 is 1. The van der Waals surface area contributed by atoms with Crippen molar-refractivity contribution in [1.29, 1.82) is 0 Å². The van der Waals surface area contributed by atoms with Gasteiger partial charge in [-0.15, -0.1) is 0 Å². The van der Waals surface area contributed by atoms with Crippen molar-refractivity contribution in [3.8, 4) is 0 Å². The predicted octanol–water partition coefficient (Wildman–Crippen LogP) is 2.30. The molecule has 0 amide bonds. The maximum absolute atomic E-state index is 12.5. The first-order valence-corrected chi connectivity index (χ1v) is 6.38. The number of carbonyl (C=O) groups excluding carboxylic acids is 1. The standard InChI is InChI=1S/C15H20O3/c1-12-4-3-5-13(10-12)11-14(16)15(17-2)6-8-18-9-7-15/h3-5,10H,6-9,11H2,1-2H3. The third-order valence-corrected chi connectivity index (χ3v) is 3.65. The molecule has 1 heterocycles. The Hall–Kier alpha value is -1.19. The molecule has 1 saturated heterocycles. The van der Waals surface area contributed by atoms with Crippen LogP contribution in [0.3, 0.4) is 0 Å². The minimum absolute atomic E-state index is 0.166. The average Bonchev–Trinajstić information content (AvgIpc) is 2.39. The van der Waals surface area contributed by atoms with Crippen LogP contribution in [0.25, 0.3) is 0 Å². The van der Waals surface area contributed by atoms with E-state index in [9.17, 15) is 4.79 Å². The van der Waals surface area contributed by atoms with E-state index in [2.05, 4.69) is 6.07 Å². The molecule has 0 saturated carbocycles. The number of carbonyl (C=O) groups is 1. The number of Topliss-reactive ketones (excluding diaryl/α,β-unsaturated/α-hetero) is 1. The number of aryl methyl sites for hydroxylation is 1. The summed E-state index contributed by atoms with van der Waals surface area (Å²) in [6.45, 7) is 3.25. The normalized spacial score (nSPS) is 18.6. The Labute approximate surface area is 108 Å². The molecular weight excluding hydrogens is 228 g/mol. The number of rotatable bonds is 4. The van der Waals surface area contributed by atoms with Crippen LogP contribution in [-0.2, 0) is 20.7 Å². The van der Waals surface area contributed by atoms with E-state index in [1.165, 1.54) is 5.56 Å². The first-order chi connectivity index (χ1) is 8.66. The van der Waals surface area contributed by atoms with Crippen LogP contribution in [0.1, 0.15) is 24.0 Å². The maximum atomic E-state index is 12.5. The van der Waals surface area contributed by atoms with Crippen LogP contribution in [0.5, 0.6) is 0 Å². The van der Waals surface area contributed by atoms with Gasteiger partial charge in [0.25, 0.3) is 0 Å². The molecule has 18 heavy (non-hydrogen) atoms. The summed E-state index contributed by atoms with van der Waals surface area (Å²) in [6.07, 6.45) is 1.76.